The van der Waals surface area contributed by atoms with E-state index in [1.165, 1.54) is 17.8 Å². The molecule has 1 aromatic carbocycles. The lowest BCUT2D eigenvalue weighted by Gasteiger charge is -2.02. The number of carbonyl (C=O) groups is 1. The van der Waals surface area contributed by atoms with Crippen molar-refractivity contribution in [2.75, 3.05) is 5.75 Å². The van der Waals surface area contributed by atoms with Gasteiger partial charge in [0.15, 0.2) is 10.9 Å². The molecule has 0 saturated carbocycles. The van der Waals surface area contributed by atoms with Gasteiger partial charge in [-0.05, 0) is 18.6 Å². The van der Waals surface area contributed by atoms with Gasteiger partial charge in [-0.2, -0.15) is 0 Å². The average molecular weight is 342 g/mol. The number of hydrogen-bond donors (Lipinski definition) is 2. The number of carbonyl (C=O) groups excluding carboxylic acids is 1. The molecule has 0 spiro atoms. The Balaban J connectivity index is 1.62. The molecule has 24 heavy (non-hydrogen) atoms. The van der Waals surface area contributed by atoms with Crippen molar-refractivity contribution in [3.8, 4) is 0 Å². The Morgan fingerprint density at radius 3 is 2.83 bits per heavy atom. The molecule has 2 N–H and O–H groups in total. The Labute approximate surface area is 143 Å². The Kier molecular flexibility index (Phi) is 5.10. The number of thioether (sulfide) groups is 1. The van der Waals surface area contributed by atoms with Crippen LogP contribution in [0.2, 0.25) is 0 Å². The lowest BCUT2D eigenvalue weighted by Crippen LogP contribution is -2.12. The lowest BCUT2D eigenvalue weighted by atomic mass is 10.2. The lowest BCUT2D eigenvalue weighted by molar-refractivity contribution is -0.116. The Morgan fingerprint density at radius 1 is 1.21 bits per heavy atom. The maximum absolute atomic E-state index is 12.2. The second kappa shape index (κ2) is 7.44. The molecule has 0 aliphatic rings. The molecule has 2 aromatic heterocycles. The molecular weight excluding hydrogens is 324 g/mol. The van der Waals surface area contributed by atoms with Gasteiger partial charge in [0.2, 0.25) is 0 Å². The molecule has 3 aromatic rings. The van der Waals surface area contributed by atoms with Crippen molar-refractivity contribution in [3.63, 3.8) is 0 Å². The third kappa shape index (κ3) is 4.11. The minimum Gasteiger partial charge on any atom is -0.342 e. The van der Waals surface area contributed by atoms with Crippen LogP contribution < -0.4 is 5.56 Å². The van der Waals surface area contributed by atoms with E-state index in [0.717, 1.165) is 29.6 Å². The maximum Gasteiger partial charge on any atom is 0.251 e. The highest BCUT2D eigenvalue weighted by atomic mass is 32.2. The molecule has 6 nitrogen and oxygen atoms in total. The van der Waals surface area contributed by atoms with E-state index in [4.69, 9.17) is 0 Å². The molecule has 0 aliphatic carbocycles. The number of nitrogens with zero attached hydrogens (tertiary/aromatic N) is 2. The highest BCUT2D eigenvalue weighted by molar-refractivity contribution is 7.99. The molecule has 0 amide bonds. The molecule has 3 rings (SSSR count). The van der Waals surface area contributed by atoms with Crippen LogP contribution in [0.3, 0.4) is 0 Å². The number of hydrogen-bond acceptors (Lipinski definition) is 5. The number of imidazole rings is 1. The summed E-state index contributed by atoms with van der Waals surface area (Å²) >= 11 is 1.25. The molecule has 0 saturated heterocycles. The van der Waals surface area contributed by atoms with Crippen LogP contribution in [0.4, 0.5) is 0 Å². The summed E-state index contributed by atoms with van der Waals surface area (Å²) in [5, 5.41) is 0.490. The first kappa shape index (κ1) is 16.4. The number of benzene rings is 1. The van der Waals surface area contributed by atoms with E-state index in [-0.39, 0.29) is 23.5 Å². The van der Waals surface area contributed by atoms with Gasteiger partial charge in [-0.1, -0.05) is 37.2 Å². The van der Waals surface area contributed by atoms with E-state index >= 15 is 0 Å². The largest absolute Gasteiger partial charge is 0.342 e. The number of aromatic nitrogens is 4. The fraction of sp³-hybridized carbons (Fsp3) is 0.294. The summed E-state index contributed by atoms with van der Waals surface area (Å²) in [5.74, 6) is 0.931. The molecule has 0 radical (unpaired) electrons. The van der Waals surface area contributed by atoms with Crippen molar-refractivity contribution in [1.29, 1.82) is 0 Å². The summed E-state index contributed by atoms with van der Waals surface area (Å²) in [5.41, 5.74) is 2.35. The van der Waals surface area contributed by atoms with Crippen molar-refractivity contribution in [3.05, 3.63) is 52.2 Å². The summed E-state index contributed by atoms with van der Waals surface area (Å²) < 4.78 is 0. The normalized spacial score (nSPS) is 11.0. The van der Waals surface area contributed by atoms with Crippen LogP contribution in [0, 0.1) is 0 Å². The van der Waals surface area contributed by atoms with E-state index in [2.05, 4.69) is 19.9 Å². The monoisotopic (exact) mass is 342 g/mol. The zero-order valence-electron chi connectivity index (χ0n) is 13.3. The van der Waals surface area contributed by atoms with Gasteiger partial charge in [0.1, 0.15) is 5.82 Å². The number of ketones is 1. The smallest absolute Gasteiger partial charge is 0.251 e. The van der Waals surface area contributed by atoms with E-state index in [1.807, 2.05) is 31.2 Å². The number of fused-ring (bicyclic) bond motifs is 1. The van der Waals surface area contributed by atoms with Crippen LogP contribution in [0.25, 0.3) is 11.0 Å². The Morgan fingerprint density at radius 2 is 2.04 bits per heavy atom. The Bertz CT molecular complexity index is 883. The predicted molar refractivity (Wildman–Crippen MR) is 94.4 cm³/mol. The number of aromatic amines is 2. The van der Waals surface area contributed by atoms with Gasteiger partial charge < -0.3 is 9.97 Å². The predicted octanol–water partition coefficient (Wildman–Crippen LogP) is 2.50. The summed E-state index contributed by atoms with van der Waals surface area (Å²) in [4.78, 5) is 38.4. The minimum atomic E-state index is -0.180. The second-order valence-corrected chi connectivity index (χ2v) is 6.46. The molecular formula is C17H18N4O2S. The number of aryl methyl sites for hydroxylation is 1. The highest BCUT2D eigenvalue weighted by Crippen LogP contribution is 2.14. The Hall–Kier alpha value is -2.41. The topological polar surface area (TPSA) is 91.5 Å². The fourth-order valence-corrected chi connectivity index (χ4v) is 3.17. The molecule has 7 heteroatoms. The summed E-state index contributed by atoms with van der Waals surface area (Å²) in [6.07, 6.45) is 1.91. The molecule has 0 fully saturated rings. The zero-order valence-corrected chi connectivity index (χ0v) is 14.2. The molecule has 0 unspecified atom stereocenters. The standard InChI is InChI=1S/C17H18N4O2S/c1-2-5-11-8-16(23)21-17(18-11)24-10-12(22)9-15-19-13-6-3-4-7-14(13)20-15/h3-4,6-8H,2,5,9-10H2,1H3,(H,19,20)(H,18,21,23). The third-order valence-corrected chi connectivity index (χ3v) is 4.39. The van der Waals surface area contributed by atoms with Crippen molar-refractivity contribution in [2.45, 2.75) is 31.3 Å². The third-order valence-electron chi connectivity index (χ3n) is 3.45. The van der Waals surface area contributed by atoms with Crippen molar-refractivity contribution >= 4 is 28.6 Å². The minimum absolute atomic E-state index is 0.0302. The van der Waals surface area contributed by atoms with Crippen LogP contribution in [0.1, 0.15) is 24.9 Å². The summed E-state index contributed by atoms with van der Waals surface area (Å²) in [7, 11) is 0. The first-order valence-electron chi connectivity index (χ1n) is 7.82. The number of nitrogens with one attached hydrogen (secondary N) is 2. The quantitative estimate of drug-likeness (QED) is 0.508. The molecule has 0 bridgehead atoms. The number of rotatable bonds is 7. The number of Topliss-reactive ketones (excluding diaryl/α,β-unsaturated/α-hetero) is 1. The fourth-order valence-electron chi connectivity index (χ4n) is 2.41. The van der Waals surface area contributed by atoms with Gasteiger partial charge in [-0.3, -0.25) is 9.59 Å². The van der Waals surface area contributed by atoms with Gasteiger partial charge in [0, 0.05) is 11.8 Å². The van der Waals surface area contributed by atoms with Crippen molar-refractivity contribution in [1.82, 2.24) is 19.9 Å². The van der Waals surface area contributed by atoms with Gasteiger partial charge in [0.25, 0.3) is 5.56 Å². The van der Waals surface area contributed by atoms with Crippen LogP contribution >= 0.6 is 11.8 Å². The van der Waals surface area contributed by atoms with Crippen LogP contribution in [0.15, 0.2) is 40.3 Å². The molecule has 2 heterocycles. The van der Waals surface area contributed by atoms with Gasteiger partial charge >= 0.3 is 0 Å². The van der Waals surface area contributed by atoms with E-state index in [9.17, 15) is 9.59 Å². The van der Waals surface area contributed by atoms with E-state index < -0.39 is 0 Å². The zero-order chi connectivity index (χ0) is 16.9. The van der Waals surface area contributed by atoms with Crippen LogP contribution in [0.5, 0.6) is 0 Å². The molecule has 0 aliphatic heterocycles. The molecule has 0 atom stereocenters. The van der Waals surface area contributed by atoms with Gasteiger partial charge in [0.05, 0.1) is 23.2 Å². The SMILES string of the molecule is CCCc1cc(=O)[nH]c(SCC(=O)Cc2nc3ccccc3[nH]2)n1. The van der Waals surface area contributed by atoms with E-state index in [1.54, 1.807) is 0 Å². The van der Waals surface area contributed by atoms with Crippen molar-refractivity contribution in [2.24, 2.45) is 0 Å². The van der Waals surface area contributed by atoms with Crippen molar-refractivity contribution < 1.29 is 4.79 Å². The summed E-state index contributed by atoms with van der Waals surface area (Å²) in [6.45, 7) is 2.03. The first-order chi connectivity index (χ1) is 11.6. The molecule has 124 valence electrons. The van der Waals surface area contributed by atoms with E-state index in [0.29, 0.717) is 11.0 Å². The second-order valence-electron chi connectivity index (χ2n) is 5.50. The van der Waals surface area contributed by atoms with Gasteiger partial charge in [-0.25, -0.2) is 9.97 Å². The van der Waals surface area contributed by atoms with Gasteiger partial charge in [-0.15, -0.1) is 0 Å². The number of para-hydroxylation sites is 2. The average Bonchev–Trinajstić information content (AvgIpc) is 2.95. The van der Waals surface area contributed by atoms with Crippen LogP contribution in [-0.2, 0) is 17.6 Å². The number of H-pyrrole nitrogens is 2. The maximum atomic E-state index is 12.2. The highest BCUT2D eigenvalue weighted by Gasteiger charge is 2.10. The first-order valence-corrected chi connectivity index (χ1v) is 8.81. The van der Waals surface area contributed by atoms with Crippen LogP contribution in [-0.4, -0.2) is 31.5 Å². The summed E-state index contributed by atoms with van der Waals surface area (Å²) in [6, 6.07) is 9.17.